The molecule has 0 saturated carbocycles. The number of aromatic nitrogens is 4. The Morgan fingerprint density at radius 3 is 1.51 bits per heavy atom. The second-order valence-corrected chi connectivity index (χ2v) is 17.6. The Kier molecular flexibility index (Phi) is 36.6. The van der Waals surface area contributed by atoms with Crippen LogP contribution in [0.25, 0.3) is 0 Å². The van der Waals surface area contributed by atoms with Gasteiger partial charge in [-0.15, -0.1) is 0 Å². The zero-order valence-corrected chi connectivity index (χ0v) is 45.1. The van der Waals surface area contributed by atoms with Gasteiger partial charge in [0.15, 0.2) is 11.6 Å². The molecule has 72 heavy (non-hydrogen) atoms. The molecule has 0 aromatic carbocycles. The van der Waals surface area contributed by atoms with E-state index < -0.39 is 5.60 Å². The van der Waals surface area contributed by atoms with Crippen molar-refractivity contribution < 1.29 is 38.7 Å². The summed E-state index contributed by atoms with van der Waals surface area (Å²) in [5, 5.41) is 31.5. The Morgan fingerprint density at radius 2 is 1.24 bits per heavy atom. The third-order valence-electron chi connectivity index (χ3n) is 8.20. The number of aliphatic hydroxyl groups is 2. The maximum Gasteiger partial charge on any atom is 0.410 e. The summed E-state index contributed by atoms with van der Waals surface area (Å²) in [4.78, 5) is 39.5. The normalized spacial score (nSPS) is 13.8. The van der Waals surface area contributed by atoms with Gasteiger partial charge >= 0.3 is 6.09 Å². The lowest BCUT2D eigenvalue weighted by Gasteiger charge is -2.26. The predicted molar refractivity (Wildman–Crippen MR) is 286 cm³/mol. The van der Waals surface area contributed by atoms with Crippen molar-refractivity contribution in [1.82, 2.24) is 40.4 Å². The molecule has 5 heterocycles. The Balaban J connectivity index is 0. The number of nitrogen functional groups attached to an aromatic ring is 4. The average molecular weight is 1010 g/mol. The summed E-state index contributed by atoms with van der Waals surface area (Å²) in [5.41, 5.74) is 21.2. The highest BCUT2D eigenvalue weighted by molar-refractivity contribution is 5.67. The number of rotatable bonds is 16. The van der Waals surface area contributed by atoms with Crippen LogP contribution in [0.1, 0.15) is 82.1 Å². The molecular formula is C50H87N13O9. The van der Waals surface area contributed by atoms with E-state index in [2.05, 4.69) is 44.4 Å². The fourth-order valence-electron chi connectivity index (χ4n) is 5.10. The number of ether oxygens (including phenoxy) is 5. The van der Waals surface area contributed by atoms with Crippen LogP contribution in [0.4, 0.5) is 28.1 Å². The maximum absolute atomic E-state index is 11.8. The fraction of sp³-hybridized carbons (Fsp3) is 0.560. The number of likely N-dealkylation sites (N-methyl/N-ethyl adjacent to an activating group) is 4. The maximum atomic E-state index is 11.8. The molecule has 1 aliphatic heterocycles. The molecule has 4 aromatic heterocycles. The van der Waals surface area contributed by atoms with E-state index in [1.165, 1.54) is 28.1 Å². The van der Waals surface area contributed by atoms with Gasteiger partial charge in [-0.25, -0.2) is 19.7 Å². The standard InChI is InChI=1S/C14H23N3O3.C10H14N4O.C9H15N3O.C5H6N2O.C5H12O.C4H11NO.C3H6O/c1-10(19-11-6-7-16-12(15)8-11)9-17(5)13(18)20-14(2,3)4;1-8(6-14(2)7-11)15-9-3-4-13-10(12)5-9;1-7(6-11-2)13-8-3-4-12-9(10)5-8;6-5-3-4(8)1-2-7-5;1-3-4-5(2)6;1-4(6)3-5-2;1-3-2-4-3/h6-8,10H,9H2,1-5H3,(H2,15,16);3-5,8H,6H2,1-2H3,(H2,12,13);3-5,7,11H,6H2,1-2H3,(H2,10,12);1-3H,(H3,6,7,8);5-6H,3-4H2,1-2H3;4-6H,3H2,1-2H3;3H,2H2,1H3. The molecule has 22 heteroatoms. The summed E-state index contributed by atoms with van der Waals surface area (Å²) < 4.78 is 26.8. The molecule has 1 amide bonds. The lowest BCUT2D eigenvalue weighted by atomic mass is 10.2. The number of aliphatic hydroxyl groups excluding tert-OH is 2. The van der Waals surface area contributed by atoms with E-state index in [4.69, 9.17) is 62.1 Å². The third-order valence-corrected chi connectivity index (χ3v) is 8.20. The van der Waals surface area contributed by atoms with Gasteiger partial charge in [0.2, 0.25) is 0 Å². The number of carbonyl (C=O) groups excluding carboxylic acids is 1. The predicted octanol–water partition coefficient (Wildman–Crippen LogP) is 4.91. The number of hydrogen-bond acceptors (Lipinski definition) is 20. The van der Waals surface area contributed by atoms with Crippen molar-refractivity contribution in [2.45, 2.75) is 124 Å². The van der Waals surface area contributed by atoms with Gasteiger partial charge in [-0.05, 0) is 101 Å². The van der Waals surface area contributed by atoms with Crippen LogP contribution in [-0.2, 0) is 9.47 Å². The largest absolute Gasteiger partial charge is 0.489 e. The van der Waals surface area contributed by atoms with Gasteiger partial charge in [0.25, 0.3) is 0 Å². The Morgan fingerprint density at radius 1 is 0.806 bits per heavy atom. The number of aromatic amines is 1. The summed E-state index contributed by atoms with van der Waals surface area (Å²) in [7, 11) is 7.09. The summed E-state index contributed by atoms with van der Waals surface area (Å²) in [6, 6.07) is 13.0. The lowest BCUT2D eigenvalue weighted by Crippen LogP contribution is -2.39. The summed E-state index contributed by atoms with van der Waals surface area (Å²) in [5.74, 6) is 3.76. The molecular weight excluding hydrogens is 927 g/mol. The van der Waals surface area contributed by atoms with Gasteiger partial charge in [0.1, 0.15) is 64.4 Å². The van der Waals surface area contributed by atoms with Crippen molar-refractivity contribution in [3.63, 3.8) is 0 Å². The van der Waals surface area contributed by atoms with Crippen molar-refractivity contribution in [3.05, 3.63) is 83.5 Å². The molecule has 4 aromatic rings. The molecule has 0 aliphatic carbocycles. The number of nitrogens with two attached hydrogens (primary N) is 4. The van der Waals surface area contributed by atoms with E-state index in [1.807, 2.05) is 68.8 Å². The molecule has 1 saturated heterocycles. The van der Waals surface area contributed by atoms with Crippen LogP contribution in [0, 0.1) is 11.5 Å². The highest BCUT2D eigenvalue weighted by Crippen LogP contribution is 2.16. The van der Waals surface area contributed by atoms with Crippen LogP contribution in [0.3, 0.4) is 0 Å². The molecule has 5 rings (SSSR count). The van der Waals surface area contributed by atoms with Crippen molar-refractivity contribution >= 4 is 29.4 Å². The van der Waals surface area contributed by atoms with E-state index in [0.717, 1.165) is 31.7 Å². The Hall–Kier alpha value is -6.64. The first-order valence-electron chi connectivity index (χ1n) is 23.6. The zero-order chi connectivity index (χ0) is 55.2. The molecule has 13 N–H and O–H groups in total. The number of epoxide rings is 1. The van der Waals surface area contributed by atoms with Crippen LogP contribution in [0.2, 0.25) is 0 Å². The highest BCUT2D eigenvalue weighted by Gasteiger charge is 2.21. The average Bonchev–Trinajstić information content (AvgIpc) is 4.06. The number of H-pyrrole nitrogens is 1. The van der Waals surface area contributed by atoms with Gasteiger partial charge in [-0.3, -0.25) is 4.79 Å². The lowest BCUT2D eigenvalue weighted by molar-refractivity contribution is 0.0237. The SMILES string of the molecule is CC(CN(C)C#N)Oc1ccnc(N)c1.CC(CN(C)C(=O)OC(C)(C)C)Oc1ccnc(N)c1.CC1CO1.CCCC(C)O.CNCC(C)O.CNCC(C)Oc1ccnc(N)c1.Nc1cc(=O)cc[nH]1. The number of nitriles is 1. The second-order valence-electron chi connectivity index (χ2n) is 17.6. The molecule has 22 nitrogen and oxygen atoms in total. The van der Waals surface area contributed by atoms with Crippen molar-refractivity contribution in [1.29, 1.82) is 5.26 Å². The van der Waals surface area contributed by atoms with Gasteiger partial charge in [0, 0.05) is 82.3 Å². The molecule has 406 valence electrons. The van der Waals surface area contributed by atoms with Crippen LogP contribution in [0.15, 0.2) is 78.1 Å². The van der Waals surface area contributed by atoms with E-state index in [1.54, 1.807) is 76.0 Å². The fourth-order valence-corrected chi connectivity index (χ4v) is 5.10. The van der Waals surface area contributed by atoms with Crippen LogP contribution >= 0.6 is 0 Å². The van der Waals surface area contributed by atoms with Crippen molar-refractivity contribution in [2.24, 2.45) is 0 Å². The second kappa shape index (κ2) is 39.0. The topological polar surface area (TPSA) is 337 Å². The van der Waals surface area contributed by atoms with Crippen molar-refractivity contribution in [3.8, 4) is 23.4 Å². The van der Waals surface area contributed by atoms with Gasteiger partial charge < -0.3 is 82.2 Å². The minimum absolute atomic E-state index is 0.0683. The van der Waals surface area contributed by atoms with Gasteiger partial charge in [-0.1, -0.05) is 13.3 Å². The van der Waals surface area contributed by atoms with Crippen LogP contribution < -0.4 is 53.2 Å². The van der Waals surface area contributed by atoms with Gasteiger partial charge in [-0.2, -0.15) is 5.26 Å². The van der Waals surface area contributed by atoms with E-state index >= 15 is 0 Å². The van der Waals surface area contributed by atoms with Crippen LogP contribution in [0.5, 0.6) is 17.2 Å². The number of anilines is 4. The van der Waals surface area contributed by atoms with E-state index in [0.29, 0.717) is 60.5 Å². The molecule has 1 fully saturated rings. The molecule has 0 spiro atoms. The number of hydrogen-bond donors (Lipinski definition) is 9. The van der Waals surface area contributed by atoms with Crippen molar-refractivity contribution in [2.75, 3.05) is 83.9 Å². The molecule has 6 unspecified atom stereocenters. The molecule has 1 aliphatic rings. The number of nitrogens with zero attached hydrogens (tertiary/aromatic N) is 6. The van der Waals surface area contributed by atoms with E-state index in [-0.39, 0.29) is 42.0 Å². The minimum atomic E-state index is -0.505. The number of pyridine rings is 4. The Bertz CT molecular complexity index is 2090. The summed E-state index contributed by atoms with van der Waals surface area (Å²) in [6.07, 6.45) is 10.1. The minimum Gasteiger partial charge on any atom is -0.489 e. The summed E-state index contributed by atoms with van der Waals surface area (Å²) in [6.45, 7) is 22.4. The molecule has 0 radical (unpaired) electrons. The third kappa shape index (κ3) is 42.3. The number of carbonyl (C=O) groups is 1. The highest BCUT2D eigenvalue weighted by atomic mass is 16.6. The number of amides is 1. The monoisotopic (exact) mass is 1010 g/mol. The summed E-state index contributed by atoms with van der Waals surface area (Å²) >= 11 is 0. The first-order chi connectivity index (χ1) is 33.7. The zero-order valence-electron chi connectivity index (χ0n) is 45.1. The quantitative estimate of drug-likeness (QED) is 0.0409. The smallest absolute Gasteiger partial charge is 0.410 e. The first-order valence-corrected chi connectivity index (χ1v) is 23.6. The van der Waals surface area contributed by atoms with E-state index in [9.17, 15) is 9.59 Å². The van der Waals surface area contributed by atoms with Gasteiger partial charge in [0.05, 0.1) is 38.0 Å². The molecule has 6 atom stereocenters. The molecule has 0 bridgehead atoms. The Labute approximate surface area is 427 Å². The number of nitrogens with one attached hydrogen (secondary N) is 3. The first kappa shape index (κ1) is 67.4. The van der Waals surface area contributed by atoms with Crippen LogP contribution in [-0.4, -0.2) is 149 Å².